The summed E-state index contributed by atoms with van der Waals surface area (Å²) in [6.07, 6.45) is 3.72. The Morgan fingerprint density at radius 3 is 2.85 bits per heavy atom. The number of carbonyl (C=O) groups is 1. The van der Waals surface area contributed by atoms with E-state index < -0.39 is 0 Å². The lowest BCUT2D eigenvalue weighted by atomic mass is 10.1. The molecule has 1 atom stereocenters. The first-order chi connectivity index (χ1) is 16.0. The third-order valence-electron chi connectivity index (χ3n) is 6.45. The number of aryl methyl sites for hydroxylation is 2. The number of carbonyl (C=O) groups excluding carboxylic acids is 1. The Morgan fingerprint density at radius 1 is 1.18 bits per heavy atom. The highest BCUT2D eigenvalue weighted by Crippen LogP contribution is 2.27. The van der Waals surface area contributed by atoms with E-state index in [1.165, 1.54) is 15.8 Å². The number of fused-ring (bicyclic) bond motifs is 3. The van der Waals surface area contributed by atoms with Gasteiger partial charge in [0.2, 0.25) is 5.91 Å². The van der Waals surface area contributed by atoms with Crippen LogP contribution in [0.3, 0.4) is 0 Å². The number of rotatable bonds is 6. The number of benzene rings is 2. The zero-order valence-corrected chi connectivity index (χ0v) is 19.0. The van der Waals surface area contributed by atoms with Crippen molar-refractivity contribution in [2.45, 2.75) is 45.9 Å². The first-order valence-corrected chi connectivity index (χ1v) is 11.4. The molecule has 7 heteroatoms. The van der Waals surface area contributed by atoms with Crippen molar-refractivity contribution in [3.8, 4) is 0 Å². The maximum absolute atomic E-state index is 13.5. The van der Waals surface area contributed by atoms with Gasteiger partial charge in [-0.05, 0) is 43.9 Å². The number of ether oxygens (including phenoxy) is 1. The Morgan fingerprint density at radius 2 is 2.03 bits per heavy atom. The lowest BCUT2D eigenvalue weighted by Crippen LogP contribution is -2.37. The molecule has 2 aromatic heterocycles. The van der Waals surface area contributed by atoms with E-state index in [4.69, 9.17) is 4.74 Å². The Balaban J connectivity index is 1.53. The van der Waals surface area contributed by atoms with Gasteiger partial charge in [0.05, 0.1) is 12.3 Å². The number of hydrogen-bond donors (Lipinski definition) is 1. The van der Waals surface area contributed by atoms with E-state index in [9.17, 15) is 9.59 Å². The highest BCUT2D eigenvalue weighted by molar-refractivity contribution is 6.07. The Hall–Kier alpha value is -3.45. The molecule has 3 heterocycles. The summed E-state index contributed by atoms with van der Waals surface area (Å²) in [7, 11) is 0. The average Bonchev–Trinajstić information content (AvgIpc) is 3.44. The van der Waals surface area contributed by atoms with Crippen LogP contribution >= 0.6 is 0 Å². The molecule has 1 fully saturated rings. The van der Waals surface area contributed by atoms with Gasteiger partial charge in [0.15, 0.2) is 0 Å². The number of hydrogen-bond acceptors (Lipinski definition) is 4. The smallest absolute Gasteiger partial charge is 0.291 e. The molecule has 4 aromatic rings. The molecule has 7 nitrogen and oxygen atoms in total. The van der Waals surface area contributed by atoms with Crippen molar-refractivity contribution in [2.75, 3.05) is 13.2 Å². The fourth-order valence-corrected chi connectivity index (χ4v) is 4.64. The highest BCUT2D eigenvalue weighted by Gasteiger charge is 2.19. The molecule has 0 saturated carbocycles. The largest absolute Gasteiger partial charge is 0.376 e. The number of aromatic nitrogens is 3. The van der Waals surface area contributed by atoms with Crippen molar-refractivity contribution in [1.82, 2.24) is 19.7 Å². The van der Waals surface area contributed by atoms with Crippen molar-refractivity contribution < 1.29 is 9.53 Å². The van der Waals surface area contributed by atoms with Gasteiger partial charge < -0.3 is 14.6 Å². The Bertz CT molecular complexity index is 1400. The summed E-state index contributed by atoms with van der Waals surface area (Å²) in [4.78, 5) is 26.0. The maximum atomic E-state index is 13.5. The molecule has 2 aromatic carbocycles. The predicted molar refractivity (Wildman–Crippen MR) is 129 cm³/mol. The second-order valence-electron chi connectivity index (χ2n) is 8.84. The van der Waals surface area contributed by atoms with E-state index >= 15 is 0 Å². The van der Waals surface area contributed by atoms with Gasteiger partial charge >= 0.3 is 0 Å². The predicted octanol–water partition coefficient (Wildman–Crippen LogP) is 3.31. The van der Waals surface area contributed by atoms with Gasteiger partial charge in [0, 0.05) is 36.0 Å². The molecule has 1 aliphatic heterocycles. The van der Waals surface area contributed by atoms with Crippen LogP contribution in [0, 0.1) is 13.8 Å². The fraction of sp³-hybridized carbons (Fsp3) is 0.346. The molecule has 1 amide bonds. The average molecular weight is 445 g/mol. The van der Waals surface area contributed by atoms with Crippen molar-refractivity contribution in [2.24, 2.45) is 0 Å². The van der Waals surface area contributed by atoms with E-state index in [0.29, 0.717) is 18.6 Å². The van der Waals surface area contributed by atoms with Gasteiger partial charge in [-0.2, -0.15) is 5.10 Å². The maximum Gasteiger partial charge on any atom is 0.291 e. The van der Waals surface area contributed by atoms with E-state index in [1.54, 1.807) is 6.20 Å². The van der Waals surface area contributed by atoms with E-state index in [-0.39, 0.29) is 24.1 Å². The fourth-order valence-electron chi connectivity index (χ4n) is 4.64. The van der Waals surface area contributed by atoms with Gasteiger partial charge in [-0.3, -0.25) is 9.59 Å². The van der Waals surface area contributed by atoms with Crippen molar-refractivity contribution >= 4 is 27.7 Å². The molecule has 0 spiro atoms. The molecule has 5 rings (SSSR count). The summed E-state index contributed by atoms with van der Waals surface area (Å²) in [5, 5.41) is 8.99. The monoisotopic (exact) mass is 444 g/mol. The molecule has 0 radical (unpaired) electrons. The van der Waals surface area contributed by atoms with Crippen LogP contribution in [0.25, 0.3) is 21.8 Å². The van der Waals surface area contributed by atoms with Gasteiger partial charge in [0.1, 0.15) is 12.1 Å². The molecule has 0 bridgehead atoms. The summed E-state index contributed by atoms with van der Waals surface area (Å²) in [6.45, 7) is 5.81. The standard InChI is InChI=1S/C26H28N4O3/c1-17-9-10-18(2)19(12-17)15-29-23-8-4-3-7-21(23)22-14-28-30(26(32)25(22)29)16-24(31)27-13-20-6-5-11-33-20/h3-4,7-10,12,14,20H,5-6,11,13,15-16H2,1-2H3,(H,27,31)/t20-/m0/s1. The van der Waals surface area contributed by atoms with Crippen LogP contribution in [0.2, 0.25) is 0 Å². The van der Waals surface area contributed by atoms with Gasteiger partial charge in [-0.15, -0.1) is 0 Å². The van der Waals surface area contributed by atoms with E-state index in [2.05, 4.69) is 47.0 Å². The molecular weight excluding hydrogens is 416 g/mol. The lowest BCUT2D eigenvalue weighted by Gasteiger charge is -2.13. The van der Waals surface area contributed by atoms with Gasteiger partial charge in [-0.1, -0.05) is 42.0 Å². The first-order valence-electron chi connectivity index (χ1n) is 11.4. The molecule has 33 heavy (non-hydrogen) atoms. The van der Waals surface area contributed by atoms with Crippen LogP contribution in [-0.2, 0) is 22.6 Å². The van der Waals surface area contributed by atoms with Crippen LogP contribution in [0.1, 0.15) is 29.5 Å². The molecular formula is C26H28N4O3. The van der Waals surface area contributed by atoms with E-state index in [1.807, 2.05) is 24.3 Å². The first kappa shape index (κ1) is 21.4. The second kappa shape index (κ2) is 8.83. The van der Waals surface area contributed by atoms with Gasteiger partial charge in [0.25, 0.3) is 5.56 Å². The number of nitrogens with zero attached hydrogens (tertiary/aromatic N) is 3. The number of amides is 1. The third-order valence-corrected chi connectivity index (χ3v) is 6.45. The van der Waals surface area contributed by atoms with Crippen LogP contribution < -0.4 is 10.9 Å². The van der Waals surface area contributed by atoms with Gasteiger partial charge in [-0.25, -0.2) is 4.68 Å². The molecule has 1 aliphatic rings. The summed E-state index contributed by atoms with van der Waals surface area (Å²) < 4.78 is 8.87. The minimum atomic E-state index is -0.263. The Kier molecular flexibility index (Phi) is 5.72. The van der Waals surface area contributed by atoms with Crippen molar-refractivity contribution in [1.29, 1.82) is 0 Å². The molecule has 0 unspecified atom stereocenters. The highest BCUT2D eigenvalue weighted by atomic mass is 16.5. The lowest BCUT2D eigenvalue weighted by molar-refractivity contribution is -0.122. The van der Waals surface area contributed by atoms with Crippen LogP contribution in [0.4, 0.5) is 0 Å². The summed E-state index contributed by atoms with van der Waals surface area (Å²) >= 11 is 0. The number of para-hydroxylation sites is 1. The Labute approximate surface area is 192 Å². The number of nitrogens with one attached hydrogen (secondary N) is 1. The second-order valence-corrected chi connectivity index (χ2v) is 8.84. The normalized spacial score (nSPS) is 16.0. The van der Waals surface area contributed by atoms with Crippen LogP contribution in [-0.4, -0.2) is 39.5 Å². The summed E-state index contributed by atoms with van der Waals surface area (Å²) in [5.41, 5.74) is 4.80. The van der Waals surface area contributed by atoms with Crippen molar-refractivity contribution in [3.63, 3.8) is 0 Å². The van der Waals surface area contributed by atoms with E-state index in [0.717, 1.165) is 41.3 Å². The summed E-state index contributed by atoms with van der Waals surface area (Å²) in [5.74, 6) is -0.239. The minimum absolute atomic E-state index is 0.0567. The minimum Gasteiger partial charge on any atom is -0.376 e. The van der Waals surface area contributed by atoms with Crippen LogP contribution in [0.15, 0.2) is 53.5 Å². The molecule has 170 valence electrons. The zero-order chi connectivity index (χ0) is 22.9. The quantitative estimate of drug-likeness (QED) is 0.495. The van der Waals surface area contributed by atoms with Crippen molar-refractivity contribution in [3.05, 3.63) is 75.7 Å². The summed E-state index contributed by atoms with van der Waals surface area (Å²) in [6, 6.07) is 14.3. The van der Waals surface area contributed by atoms with Crippen LogP contribution in [0.5, 0.6) is 0 Å². The zero-order valence-electron chi connectivity index (χ0n) is 19.0. The molecule has 0 aliphatic carbocycles. The third kappa shape index (κ3) is 4.16. The topological polar surface area (TPSA) is 78.2 Å². The molecule has 1 N–H and O–H groups in total. The SMILES string of the molecule is Cc1ccc(C)c(Cn2c3ccccc3c3cnn(CC(=O)NC[C@@H]4CCCO4)c(=O)c32)c1. The molecule has 1 saturated heterocycles.